The van der Waals surface area contributed by atoms with Crippen molar-refractivity contribution in [3.05, 3.63) is 67.2 Å². The van der Waals surface area contributed by atoms with Crippen molar-refractivity contribution >= 4 is 15.9 Å². The Hall–Kier alpha value is -1.69. The van der Waals surface area contributed by atoms with Crippen molar-refractivity contribution in [2.24, 2.45) is 0 Å². The van der Waals surface area contributed by atoms with Crippen molar-refractivity contribution in [2.45, 2.75) is 6.54 Å². The third-order valence-electron chi connectivity index (χ3n) is 2.29. The molecule has 0 saturated heterocycles. The van der Waals surface area contributed by atoms with E-state index in [-0.39, 0.29) is 12.1 Å². The maximum atomic E-state index is 13.5. The Balaban J connectivity index is 2.45. The van der Waals surface area contributed by atoms with Crippen LogP contribution in [0.15, 0.2) is 44.5 Å². The first-order valence-corrected chi connectivity index (χ1v) is 5.59. The fourth-order valence-electron chi connectivity index (χ4n) is 1.42. The largest absolute Gasteiger partial charge is 0.328 e. The van der Waals surface area contributed by atoms with Crippen LogP contribution >= 0.6 is 15.9 Å². The zero-order valence-corrected chi connectivity index (χ0v) is 10.2. The third kappa shape index (κ3) is 2.52. The van der Waals surface area contributed by atoms with Crippen LogP contribution in [0, 0.1) is 5.82 Å². The monoisotopic (exact) mass is 298 g/mol. The molecule has 2 rings (SSSR count). The third-order valence-corrected chi connectivity index (χ3v) is 2.78. The van der Waals surface area contributed by atoms with E-state index in [0.29, 0.717) is 4.47 Å². The number of aromatic amines is 1. The van der Waals surface area contributed by atoms with E-state index in [1.807, 2.05) is 0 Å². The van der Waals surface area contributed by atoms with Crippen LogP contribution in [0.5, 0.6) is 0 Å². The van der Waals surface area contributed by atoms with Gasteiger partial charge in [-0.05, 0) is 12.1 Å². The van der Waals surface area contributed by atoms with Gasteiger partial charge in [-0.3, -0.25) is 9.36 Å². The molecule has 88 valence electrons. The van der Waals surface area contributed by atoms with Crippen LogP contribution in [-0.4, -0.2) is 9.55 Å². The molecule has 6 heteroatoms. The van der Waals surface area contributed by atoms with E-state index in [9.17, 15) is 14.0 Å². The molecular formula is C11H8BrFN2O2. The number of nitrogens with zero attached hydrogens (tertiary/aromatic N) is 1. The van der Waals surface area contributed by atoms with Crippen molar-refractivity contribution in [1.82, 2.24) is 9.55 Å². The van der Waals surface area contributed by atoms with E-state index in [4.69, 9.17) is 0 Å². The van der Waals surface area contributed by atoms with E-state index < -0.39 is 17.1 Å². The van der Waals surface area contributed by atoms with Crippen LogP contribution in [0.3, 0.4) is 0 Å². The molecule has 0 spiro atoms. The van der Waals surface area contributed by atoms with Gasteiger partial charge in [0.1, 0.15) is 5.82 Å². The Morgan fingerprint density at radius 1 is 1.29 bits per heavy atom. The first-order chi connectivity index (χ1) is 8.08. The van der Waals surface area contributed by atoms with Gasteiger partial charge in [0.25, 0.3) is 5.56 Å². The smallest absolute Gasteiger partial charge is 0.314 e. The maximum Gasteiger partial charge on any atom is 0.328 e. The molecule has 1 aromatic heterocycles. The van der Waals surface area contributed by atoms with Gasteiger partial charge < -0.3 is 4.98 Å². The van der Waals surface area contributed by atoms with Gasteiger partial charge in [0.15, 0.2) is 0 Å². The van der Waals surface area contributed by atoms with Gasteiger partial charge in [-0.15, -0.1) is 0 Å². The Morgan fingerprint density at radius 3 is 2.71 bits per heavy atom. The lowest BCUT2D eigenvalue weighted by molar-refractivity contribution is 0.588. The van der Waals surface area contributed by atoms with Gasteiger partial charge in [-0.2, -0.15) is 0 Å². The van der Waals surface area contributed by atoms with E-state index in [2.05, 4.69) is 20.9 Å². The highest BCUT2D eigenvalue weighted by Crippen LogP contribution is 2.15. The molecule has 17 heavy (non-hydrogen) atoms. The van der Waals surface area contributed by atoms with Crippen molar-refractivity contribution in [3.8, 4) is 0 Å². The zero-order chi connectivity index (χ0) is 12.4. The average molecular weight is 299 g/mol. The lowest BCUT2D eigenvalue weighted by Gasteiger charge is -2.05. The number of H-pyrrole nitrogens is 1. The molecule has 0 radical (unpaired) electrons. The number of hydrogen-bond acceptors (Lipinski definition) is 2. The van der Waals surface area contributed by atoms with E-state index >= 15 is 0 Å². The number of rotatable bonds is 2. The summed E-state index contributed by atoms with van der Waals surface area (Å²) in [5, 5.41) is 0. The van der Waals surface area contributed by atoms with Crippen LogP contribution in [-0.2, 0) is 6.54 Å². The fraction of sp³-hybridized carbons (Fsp3) is 0.0909. The van der Waals surface area contributed by atoms with Crippen LogP contribution in [0.25, 0.3) is 0 Å². The molecule has 0 amide bonds. The molecule has 0 atom stereocenters. The minimum atomic E-state index is -0.556. The number of benzene rings is 1. The Morgan fingerprint density at radius 2 is 2.06 bits per heavy atom. The van der Waals surface area contributed by atoms with Crippen LogP contribution < -0.4 is 11.2 Å². The summed E-state index contributed by atoms with van der Waals surface area (Å²) in [4.78, 5) is 25.2. The molecule has 1 N–H and O–H groups in total. The summed E-state index contributed by atoms with van der Waals surface area (Å²) in [6.07, 6.45) is 1.26. The standard InChI is InChI=1S/C11H8BrFN2O2/c12-8-2-1-7(9(13)5-8)6-15-10(16)3-4-14-11(15)17/h1-5H,6H2,(H,14,17). The highest BCUT2D eigenvalue weighted by molar-refractivity contribution is 9.10. The Bertz CT molecular complexity index is 635. The molecule has 0 unspecified atom stereocenters. The summed E-state index contributed by atoms with van der Waals surface area (Å²) in [7, 11) is 0. The molecule has 0 bridgehead atoms. The fourth-order valence-corrected chi connectivity index (χ4v) is 1.76. The summed E-state index contributed by atoms with van der Waals surface area (Å²) >= 11 is 3.13. The second kappa shape index (κ2) is 4.67. The van der Waals surface area contributed by atoms with Gasteiger partial charge in [-0.1, -0.05) is 22.0 Å². The van der Waals surface area contributed by atoms with Gasteiger partial charge in [-0.25, -0.2) is 9.18 Å². The average Bonchev–Trinajstić information content (AvgIpc) is 2.26. The predicted molar refractivity (Wildman–Crippen MR) is 64.5 cm³/mol. The topological polar surface area (TPSA) is 54.9 Å². The summed E-state index contributed by atoms with van der Waals surface area (Å²) in [6.45, 7) is -0.0892. The number of hydrogen-bond donors (Lipinski definition) is 1. The first-order valence-electron chi connectivity index (χ1n) is 4.80. The molecule has 0 aliphatic heterocycles. The molecule has 0 fully saturated rings. The van der Waals surface area contributed by atoms with Gasteiger partial charge in [0.2, 0.25) is 0 Å². The van der Waals surface area contributed by atoms with Gasteiger partial charge in [0, 0.05) is 22.3 Å². The van der Waals surface area contributed by atoms with Crippen LogP contribution in [0.4, 0.5) is 4.39 Å². The maximum absolute atomic E-state index is 13.5. The Labute approximate surface area is 104 Å². The van der Waals surface area contributed by atoms with E-state index in [0.717, 1.165) is 4.57 Å². The second-order valence-electron chi connectivity index (χ2n) is 3.44. The van der Waals surface area contributed by atoms with E-state index in [1.165, 1.54) is 24.4 Å². The zero-order valence-electron chi connectivity index (χ0n) is 8.61. The molecule has 2 aromatic rings. The number of aromatic nitrogens is 2. The summed E-state index contributed by atoms with van der Waals surface area (Å²) in [5.41, 5.74) is -0.733. The van der Waals surface area contributed by atoms with Crippen molar-refractivity contribution in [3.63, 3.8) is 0 Å². The highest BCUT2D eigenvalue weighted by Gasteiger charge is 2.06. The van der Waals surface area contributed by atoms with Crippen molar-refractivity contribution in [1.29, 1.82) is 0 Å². The molecule has 4 nitrogen and oxygen atoms in total. The summed E-state index contributed by atoms with van der Waals surface area (Å²) in [6, 6.07) is 5.69. The minimum absolute atomic E-state index is 0.0892. The molecule has 0 saturated carbocycles. The van der Waals surface area contributed by atoms with Gasteiger partial charge >= 0.3 is 5.69 Å². The molecule has 1 heterocycles. The lowest BCUT2D eigenvalue weighted by Crippen LogP contribution is -2.34. The van der Waals surface area contributed by atoms with E-state index in [1.54, 1.807) is 6.07 Å². The molecule has 0 aliphatic carbocycles. The van der Waals surface area contributed by atoms with Crippen molar-refractivity contribution < 1.29 is 4.39 Å². The first kappa shape index (κ1) is 11.8. The molecule has 1 aromatic carbocycles. The van der Waals surface area contributed by atoms with Crippen LogP contribution in [0.2, 0.25) is 0 Å². The lowest BCUT2D eigenvalue weighted by atomic mass is 10.2. The normalized spacial score (nSPS) is 10.5. The number of nitrogens with one attached hydrogen (secondary N) is 1. The van der Waals surface area contributed by atoms with Gasteiger partial charge in [0.05, 0.1) is 6.54 Å². The summed E-state index contributed by atoms with van der Waals surface area (Å²) < 4.78 is 15.1. The molecular weight excluding hydrogens is 291 g/mol. The molecule has 0 aliphatic rings. The quantitative estimate of drug-likeness (QED) is 0.913. The van der Waals surface area contributed by atoms with Crippen LogP contribution in [0.1, 0.15) is 5.56 Å². The second-order valence-corrected chi connectivity index (χ2v) is 4.36. The predicted octanol–water partition coefficient (Wildman–Crippen LogP) is 1.49. The minimum Gasteiger partial charge on any atom is -0.314 e. The highest BCUT2D eigenvalue weighted by atomic mass is 79.9. The number of halogens is 2. The Kier molecular flexibility index (Phi) is 3.23. The SMILES string of the molecule is O=c1cc[nH]c(=O)n1Cc1ccc(Br)cc1F. The summed E-state index contributed by atoms with van der Waals surface area (Å²) in [5.74, 6) is -0.463. The van der Waals surface area contributed by atoms with Crippen molar-refractivity contribution in [2.75, 3.05) is 0 Å².